The standard InChI is InChI=1S/C16H19N3O2/c17-14-9-12(16(18)21)6-7-15(14)19-13(10-20)8-11-4-2-1-3-5-11/h1-7,9,13,19-20H,8,10,17H2,(H2,18,21). The van der Waals surface area contributed by atoms with E-state index in [-0.39, 0.29) is 12.6 Å². The molecule has 0 fully saturated rings. The highest BCUT2D eigenvalue weighted by molar-refractivity contribution is 5.94. The van der Waals surface area contributed by atoms with Crippen LogP contribution in [-0.4, -0.2) is 23.7 Å². The van der Waals surface area contributed by atoms with Gasteiger partial charge in [0.25, 0.3) is 0 Å². The van der Waals surface area contributed by atoms with E-state index in [9.17, 15) is 9.90 Å². The van der Waals surface area contributed by atoms with E-state index in [1.165, 1.54) is 6.07 Å². The van der Waals surface area contributed by atoms with E-state index < -0.39 is 5.91 Å². The van der Waals surface area contributed by atoms with Gasteiger partial charge in [-0.1, -0.05) is 30.3 Å². The zero-order valence-electron chi connectivity index (χ0n) is 11.6. The third-order valence-corrected chi connectivity index (χ3v) is 3.24. The lowest BCUT2D eigenvalue weighted by molar-refractivity contribution is 0.100. The number of primary amides is 1. The highest BCUT2D eigenvalue weighted by Crippen LogP contribution is 2.21. The largest absolute Gasteiger partial charge is 0.397 e. The van der Waals surface area contributed by atoms with E-state index in [2.05, 4.69) is 5.32 Å². The molecule has 0 radical (unpaired) electrons. The molecule has 2 rings (SSSR count). The minimum atomic E-state index is -0.517. The van der Waals surface area contributed by atoms with Gasteiger partial charge in [-0.3, -0.25) is 4.79 Å². The number of benzene rings is 2. The Labute approximate surface area is 123 Å². The van der Waals surface area contributed by atoms with Gasteiger partial charge in [-0.15, -0.1) is 0 Å². The zero-order valence-corrected chi connectivity index (χ0v) is 11.6. The van der Waals surface area contributed by atoms with Gasteiger partial charge in [-0.2, -0.15) is 0 Å². The fourth-order valence-electron chi connectivity index (χ4n) is 2.13. The van der Waals surface area contributed by atoms with Gasteiger partial charge in [-0.05, 0) is 30.2 Å². The average Bonchev–Trinajstić information content (AvgIpc) is 2.49. The summed E-state index contributed by atoms with van der Waals surface area (Å²) in [7, 11) is 0. The van der Waals surface area contributed by atoms with Gasteiger partial charge >= 0.3 is 0 Å². The van der Waals surface area contributed by atoms with Crippen LogP contribution in [0.4, 0.5) is 11.4 Å². The Morgan fingerprint density at radius 1 is 1.19 bits per heavy atom. The number of hydrogen-bond acceptors (Lipinski definition) is 4. The summed E-state index contributed by atoms with van der Waals surface area (Å²) in [6, 6.07) is 14.6. The molecular formula is C16H19N3O2. The maximum atomic E-state index is 11.1. The summed E-state index contributed by atoms with van der Waals surface area (Å²) >= 11 is 0. The number of rotatable bonds is 6. The van der Waals surface area contributed by atoms with Crippen LogP contribution >= 0.6 is 0 Å². The molecule has 5 nitrogen and oxygen atoms in total. The molecule has 1 amide bonds. The molecular weight excluding hydrogens is 266 g/mol. The van der Waals surface area contributed by atoms with Crippen LogP contribution in [0.1, 0.15) is 15.9 Å². The number of aliphatic hydroxyl groups excluding tert-OH is 1. The molecule has 1 unspecified atom stereocenters. The third-order valence-electron chi connectivity index (χ3n) is 3.24. The molecule has 0 aliphatic heterocycles. The Bertz CT molecular complexity index is 614. The molecule has 0 aromatic heterocycles. The fraction of sp³-hybridized carbons (Fsp3) is 0.188. The van der Waals surface area contributed by atoms with Crippen molar-refractivity contribution >= 4 is 17.3 Å². The van der Waals surface area contributed by atoms with Crippen molar-refractivity contribution in [3.63, 3.8) is 0 Å². The van der Waals surface area contributed by atoms with Crippen LogP contribution in [0.5, 0.6) is 0 Å². The molecule has 21 heavy (non-hydrogen) atoms. The van der Waals surface area contributed by atoms with Crippen molar-refractivity contribution < 1.29 is 9.90 Å². The molecule has 0 bridgehead atoms. The second-order valence-electron chi connectivity index (χ2n) is 4.88. The van der Waals surface area contributed by atoms with Crippen molar-refractivity contribution in [2.24, 2.45) is 5.73 Å². The summed E-state index contributed by atoms with van der Waals surface area (Å²) < 4.78 is 0. The number of carbonyl (C=O) groups excluding carboxylic acids is 1. The smallest absolute Gasteiger partial charge is 0.248 e. The fourth-order valence-corrected chi connectivity index (χ4v) is 2.13. The first-order chi connectivity index (χ1) is 10.1. The van der Waals surface area contributed by atoms with Crippen molar-refractivity contribution in [3.05, 3.63) is 59.7 Å². The van der Waals surface area contributed by atoms with Crippen molar-refractivity contribution in [1.29, 1.82) is 0 Å². The van der Waals surface area contributed by atoms with Crippen LogP contribution in [0.25, 0.3) is 0 Å². The predicted octanol–water partition coefficient (Wildman–Crippen LogP) is 1.38. The van der Waals surface area contributed by atoms with Crippen molar-refractivity contribution in [3.8, 4) is 0 Å². The lowest BCUT2D eigenvalue weighted by Gasteiger charge is -2.19. The zero-order chi connectivity index (χ0) is 15.2. The molecule has 0 saturated heterocycles. The van der Waals surface area contributed by atoms with E-state index in [0.29, 0.717) is 23.4 Å². The van der Waals surface area contributed by atoms with Crippen LogP contribution < -0.4 is 16.8 Å². The monoisotopic (exact) mass is 285 g/mol. The highest BCUT2D eigenvalue weighted by atomic mass is 16.3. The number of hydrogen-bond donors (Lipinski definition) is 4. The third kappa shape index (κ3) is 3.97. The maximum Gasteiger partial charge on any atom is 0.248 e. The number of nitrogens with one attached hydrogen (secondary N) is 1. The van der Waals surface area contributed by atoms with Gasteiger partial charge in [0.15, 0.2) is 0 Å². The van der Waals surface area contributed by atoms with Crippen molar-refractivity contribution in [2.45, 2.75) is 12.5 Å². The molecule has 0 heterocycles. The highest BCUT2D eigenvalue weighted by Gasteiger charge is 2.11. The Kier molecular flexibility index (Phi) is 4.79. The number of aliphatic hydroxyl groups is 1. The second-order valence-corrected chi connectivity index (χ2v) is 4.88. The van der Waals surface area contributed by atoms with E-state index in [1.54, 1.807) is 12.1 Å². The summed E-state index contributed by atoms with van der Waals surface area (Å²) in [5.74, 6) is -0.517. The Hall–Kier alpha value is -2.53. The average molecular weight is 285 g/mol. The molecule has 110 valence electrons. The first-order valence-corrected chi connectivity index (χ1v) is 6.71. The normalized spacial score (nSPS) is 11.9. The molecule has 0 spiro atoms. The Balaban J connectivity index is 2.10. The van der Waals surface area contributed by atoms with Crippen LogP contribution in [0.3, 0.4) is 0 Å². The SMILES string of the molecule is NC(=O)c1ccc(NC(CO)Cc2ccccc2)c(N)c1. The molecule has 0 aliphatic rings. The quantitative estimate of drug-likeness (QED) is 0.602. The minimum absolute atomic E-state index is 0.0219. The number of amides is 1. The molecule has 0 saturated carbocycles. The molecule has 6 N–H and O–H groups in total. The lowest BCUT2D eigenvalue weighted by Crippen LogP contribution is -2.27. The lowest BCUT2D eigenvalue weighted by atomic mass is 10.1. The van der Waals surface area contributed by atoms with Gasteiger partial charge in [0.2, 0.25) is 5.91 Å². The second kappa shape index (κ2) is 6.76. The first-order valence-electron chi connectivity index (χ1n) is 6.71. The molecule has 2 aromatic rings. The number of nitrogen functional groups attached to an aromatic ring is 1. The van der Waals surface area contributed by atoms with Gasteiger partial charge in [0.05, 0.1) is 24.0 Å². The molecule has 0 aliphatic carbocycles. The summed E-state index contributed by atoms with van der Waals surface area (Å²) in [6.45, 7) is -0.0219. The first kappa shape index (κ1) is 14.9. The van der Waals surface area contributed by atoms with E-state index in [1.807, 2.05) is 30.3 Å². The van der Waals surface area contributed by atoms with Gasteiger partial charge in [-0.25, -0.2) is 0 Å². The van der Waals surface area contributed by atoms with E-state index in [0.717, 1.165) is 5.56 Å². The van der Waals surface area contributed by atoms with Crippen LogP contribution in [0, 0.1) is 0 Å². The Morgan fingerprint density at radius 2 is 1.90 bits per heavy atom. The van der Waals surface area contributed by atoms with Gasteiger partial charge in [0.1, 0.15) is 0 Å². The Morgan fingerprint density at radius 3 is 2.48 bits per heavy atom. The van der Waals surface area contributed by atoms with Crippen molar-refractivity contribution in [2.75, 3.05) is 17.7 Å². The summed E-state index contributed by atoms with van der Waals surface area (Å²) in [5, 5.41) is 12.7. The van der Waals surface area contributed by atoms with Crippen LogP contribution in [0.2, 0.25) is 0 Å². The van der Waals surface area contributed by atoms with Gasteiger partial charge in [0, 0.05) is 5.56 Å². The summed E-state index contributed by atoms with van der Waals surface area (Å²) in [6.07, 6.45) is 0.675. The summed E-state index contributed by atoms with van der Waals surface area (Å²) in [4.78, 5) is 11.1. The van der Waals surface area contributed by atoms with Crippen LogP contribution in [-0.2, 0) is 6.42 Å². The number of nitrogens with two attached hydrogens (primary N) is 2. The number of anilines is 2. The predicted molar refractivity (Wildman–Crippen MR) is 84.0 cm³/mol. The van der Waals surface area contributed by atoms with Crippen molar-refractivity contribution in [1.82, 2.24) is 0 Å². The van der Waals surface area contributed by atoms with Gasteiger partial charge < -0.3 is 21.9 Å². The summed E-state index contributed by atoms with van der Waals surface area (Å²) in [5.41, 5.74) is 13.7. The van der Waals surface area contributed by atoms with Crippen LogP contribution in [0.15, 0.2) is 48.5 Å². The molecule has 2 aromatic carbocycles. The maximum absolute atomic E-state index is 11.1. The molecule has 5 heteroatoms. The molecule has 1 atom stereocenters. The number of carbonyl (C=O) groups is 1. The topological polar surface area (TPSA) is 101 Å². The minimum Gasteiger partial charge on any atom is -0.397 e. The van der Waals surface area contributed by atoms with E-state index >= 15 is 0 Å². The van der Waals surface area contributed by atoms with E-state index in [4.69, 9.17) is 11.5 Å².